The number of hydrogen-bond donors (Lipinski definition) is 3. The first-order valence-corrected chi connectivity index (χ1v) is 9.73. The molecular weight excluding hydrogens is 312 g/mol. The zero-order valence-electron chi connectivity index (χ0n) is 15.6. The molecule has 5 heteroatoms. The van der Waals surface area contributed by atoms with Gasteiger partial charge in [0, 0.05) is 20.1 Å². The molecule has 0 aromatic heterocycles. The van der Waals surface area contributed by atoms with E-state index >= 15 is 0 Å². The summed E-state index contributed by atoms with van der Waals surface area (Å²) in [6.45, 7) is 5.58. The van der Waals surface area contributed by atoms with Gasteiger partial charge in [0.15, 0.2) is 5.96 Å². The Hall–Kier alpha value is -1.75. The van der Waals surface area contributed by atoms with Gasteiger partial charge in [0.1, 0.15) is 5.75 Å². The molecule has 1 aromatic carbocycles. The summed E-state index contributed by atoms with van der Waals surface area (Å²) in [6.07, 6.45) is 8.72. The number of benzene rings is 1. The maximum absolute atomic E-state index is 9.29. The Morgan fingerprint density at radius 2 is 1.64 bits per heavy atom. The fraction of sp³-hybridized carbons (Fsp3) is 0.650. The van der Waals surface area contributed by atoms with Gasteiger partial charge in [0.05, 0.1) is 0 Å². The smallest absolute Gasteiger partial charge is 0.190 e. The highest BCUT2D eigenvalue weighted by atomic mass is 16.3. The van der Waals surface area contributed by atoms with Crippen LogP contribution in [-0.2, 0) is 6.42 Å². The second-order valence-electron chi connectivity index (χ2n) is 6.81. The van der Waals surface area contributed by atoms with E-state index in [1.165, 1.54) is 50.9 Å². The summed E-state index contributed by atoms with van der Waals surface area (Å²) in [4.78, 5) is 6.89. The lowest BCUT2D eigenvalue weighted by atomic mass is 10.1. The molecule has 1 fully saturated rings. The van der Waals surface area contributed by atoms with E-state index in [0.717, 1.165) is 38.3 Å². The maximum atomic E-state index is 9.29. The van der Waals surface area contributed by atoms with Crippen LogP contribution in [0.15, 0.2) is 29.3 Å². The molecule has 0 unspecified atom stereocenters. The monoisotopic (exact) mass is 346 g/mol. The van der Waals surface area contributed by atoms with E-state index in [1.54, 1.807) is 12.1 Å². The van der Waals surface area contributed by atoms with Crippen LogP contribution in [0.2, 0.25) is 0 Å². The summed E-state index contributed by atoms with van der Waals surface area (Å²) in [5.41, 5.74) is 1.25. The molecule has 2 rings (SSSR count). The van der Waals surface area contributed by atoms with Gasteiger partial charge < -0.3 is 20.6 Å². The molecule has 0 spiro atoms. The number of phenols is 1. The fourth-order valence-corrected chi connectivity index (χ4v) is 3.25. The third kappa shape index (κ3) is 8.25. The van der Waals surface area contributed by atoms with Crippen molar-refractivity contribution in [2.24, 2.45) is 4.99 Å². The third-order valence-electron chi connectivity index (χ3n) is 4.74. The van der Waals surface area contributed by atoms with Gasteiger partial charge in [-0.05, 0) is 69.4 Å². The quantitative estimate of drug-likeness (QED) is 0.385. The highest BCUT2D eigenvalue weighted by Crippen LogP contribution is 2.11. The Balaban J connectivity index is 1.53. The van der Waals surface area contributed by atoms with Gasteiger partial charge in [0.2, 0.25) is 0 Å². The van der Waals surface area contributed by atoms with Gasteiger partial charge in [-0.2, -0.15) is 0 Å². The average molecular weight is 347 g/mol. The highest BCUT2D eigenvalue weighted by Gasteiger charge is 2.08. The molecule has 0 atom stereocenters. The SMILES string of the molecule is CN=C(NCCCc1ccc(O)cc1)NCCCN1CCCCCC1. The first-order valence-electron chi connectivity index (χ1n) is 9.73. The van der Waals surface area contributed by atoms with Crippen LogP contribution in [0.1, 0.15) is 44.1 Å². The van der Waals surface area contributed by atoms with Crippen LogP contribution in [0.3, 0.4) is 0 Å². The number of nitrogens with one attached hydrogen (secondary N) is 2. The number of aromatic hydroxyl groups is 1. The lowest BCUT2D eigenvalue weighted by Crippen LogP contribution is -2.39. The lowest BCUT2D eigenvalue weighted by molar-refractivity contribution is 0.282. The first-order chi connectivity index (χ1) is 12.3. The number of rotatable bonds is 8. The van der Waals surface area contributed by atoms with E-state index in [4.69, 9.17) is 0 Å². The highest BCUT2D eigenvalue weighted by molar-refractivity contribution is 5.79. The molecular formula is C20H34N4O. The van der Waals surface area contributed by atoms with Crippen molar-refractivity contribution < 1.29 is 5.11 Å². The molecule has 140 valence electrons. The summed E-state index contributed by atoms with van der Waals surface area (Å²) in [5, 5.41) is 16.1. The van der Waals surface area contributed by atoms with Gasteiger partial charge in [-0.1, -0.05) is 25.0 Å². The number of aliphatic imine (C=N–C) groups is 1. The molecule has 5 nitrogen and oxygen atoms in total. The van der Waals surface area contributed by atoms with E-state index in [0.29, 0.717) is 5.75 Å². The first kappa shape index (κ1) is 19.6. The van der Waals surface area contributed by atoms with Crippen molar-refractivity contribution in [1.82, 2.24) is 15.5 Å². The summed E-state index contributed by atoms with van der Waals surface area (Å²) in [5.74, 6) is 1.22. The molecule has 3 N–H and O–H groups in total. The van der Waals surface area contributed by atoms with Crippen molar-refractivity contribution in [1.29, 1.82) is 0 Å². The predicted molar refractivity (Wildman–Crippen MR) is 105 cm³/mol. The molecule has 0 radical (unpaired) electrons. The van der Waals surface area contributed by atoms with Gasteiger partial charge in [0.25, 0.3) is 0 Å². The van der Waals surface area contributed by atoms with E-state index < -0.39 is 0 Å². The fourth-order valence-electron chi connectivity index (χ4n) is 3.25. The molecule has 1 aliphatic heterocycles. The Morgan fingerprint density at radius 1 is 1.00 bits per heavy atom. The van der Waals surface area contributed by atoms with Crippen molar-refractivity contribution in [3.05, 3.63) is 29.8 Å². The van der Waals surface area contributed by atoms with Gasteiger partial charge >= 0.3 is 0 Å². The largest absolute Gasteiger partial charge is 0.508 e. The van der Waals surface area contributed by atoms with E-state index in [9.17, 15) is 5.11 Å². The zero-order chi connectivity index (χ0) is 17.7. The van der Waals surface area contributed by atoms with Crippen molar-refractivity contribution in [3.63, 3.8) is 0 Å². The van der Waals surface area contributed by atoms with E-state index in [2.05, 4.69) is 20.5 Å². The molecule has 1 aliphatic rings. The minimum Gasteiger partial charge on any atom is -0.508 e. The lowest BCUT2D eigenvalue weighted by Gasteiger charge is -2.20. The summed E-state index contributed by atoms with van der Waals surface area (Å²) in [6, 6.07) is 7.44. The number of aryl methyl sites for hydroxylation is 1. The standard InChI is InChI=1S/C20H34N4O/c1-21-20(22-13-6-8-18-9-11-19(25)12-10-18)23-14-7-17-24-15-4-2-3-5-16-24/h9-12,25H,2-8,13-17H2,1H3,(H2,21,22,23). The number of phenolic OH excluding ortho intramolecular Hbond substituents is 1. The van der Waals surface area contributed by atoms with Crippen LogP contribution in [0.4, 0.5) is 0 Å². The number of hydrogen-bond acceptors (Lipinski definition) is 3. The molecule has 1 aromatic rings. The summed E-state index contributed by atoms with van der Waals surface area (Å²) >= 11 is 0. The molecule has 0 amide bonds. The van der Waals surface area contributed by atoms with Crippen LogP contribution >= 0.6 is 0 Å². The Kier molecular flexibility index (Phi) is 9.19. The van der Waals surface area contributed by atoms with Crippen molar-refractivity contribution >= 4 is 5.96 Å². The molecule has 0 saturated carbocycles. The molecule has 0 aliphatic carbocycles. The summed E-state index contributed by atoms with van der Waals surface area (Å²) < 4.78 is 0. The minimum absolute atomic E-state index is 0.326. The molecule has 1 saturated heterocycles. The molecule has 1 heterocycles. The second kappa shape index (κ2) is 11.7. The average Bonchev–Trinajstić information content (AvgIpc) is 2.90. The Labute approximate surface area is 152 Å². The number of guanidine groups is 1. The van der Waals surface area contributed by atoms with Crippen LogP contribution in [-0.4, -0.2) is 55.7 Å². The predicted octanol–water partition coefficient (Wildman–Crippen LogP) is 2.76. The van der Waals surface area contributed by atoms with Crippen molar-refractivity contribution in [2.45, 2.75) is 44.9 Å². The van der Waals surface area contributed by atoms with Crippen molar-refractivity contribution in [2.75, 3.05) is 39.8 Å². The topological polar surface area (TPSA) is 59.9 Å². The van der Waals surface area contributed by atoms with Crippen LogP contribution < -0.4 is 10.6 Å². The van der Waals surface area contributed by atoms with Crippen LogP contribution in [0, 0.1) is 0 Å². The second-order valence-corrected chi connectivity index (χ2v) is 6.81. The van der Waals surface area contributed by atoms with Crippen LogP contribution in [0.25, 0.3) is 0 Å². The summed E-state index contributed by atoms with van der Waals surface area (Å²) in [7, 11) is 1.82. The number of nitrogens with zero attached hydrogens (tertiary/aromatic N) is 2. The third-order valence-corrected chi connectivity index (χ3v) is 4.74. The van der Waals surface area contributed by atoms with Crippen molar-refractivity contribution in [3.8, 4) is 5.75 Å². The molecule has 0 bridgehead atoms. The maximum Gasteiger partial charge on any atom is 0.190 e. The van der Waals surface area contributed by atoms with E-state index in [-0.39, 0.29) is 0 Å². The van der Waals surface area contributed by atoms with Crippen LogP contribution in [0.5, 0.6) is 5.75 Å². The Morgan fingerprint density at radius 3 is 2.28 bits per heavy atom. The Bertz CT molecular complexity index is 493. The minimum atomic E-state index is 0.326. The van der Waals surface area contributed by atoms with E-state index in [1.807, 2.05) is 19.2 Å². The van der Waals surface area contributed by atoms with Gasteiger partial charge in [-0.15, -0.1) is 0 Å². The number of likely N-dealkylation sites (tertiary alicyclic amines) is 1. The van der Waals surface area contributed by atoms with Gasteiger partial charge in [-0.25, -0.2) is 0 Å². The molecule has 25 heavy (non-hydrogen) atoms. The normalized spacial score (nSPS) is 16.4. The van der Waals surface area contributed by atoms with Gasteiger partial charge in [-0.3, -0.25) is 4.99 Å². The zero-order valence-corrected chi connectivity index (χ0v) is 15.6.